The minimum atomic E-state index is -3.69. The zero-order chi connectivity index (χ0) is 19.9. The molecule has 0 fully saturated rings. The molecule has 0 saturated carbocycles. The van der Waals surface area contributed by atoms with Gasteiger partial charge in [-0.1, -0.05) is 12.1 Å². The number of methoxy groups -OCH3 is 1. The first-order valence-corrected chi connectivity index (χ1v) is 10.1. The number of nitrogens with zero attached hydrogens (tertiary/aromatic N) is 1. The highest BCUT2D eigenvalue weighted by molar-refractivity contribution is 7.92. The van der Waals surface area contributed by atoms with Gasteiger partial charge in [-0.05, 0) is 68.0 Å². The summed E-state index contributed by atoms with van der Waals surface area (Å²) in [5.41, 5.74) is 4.66. The van der Waals surface area contributed by atoms with Crippen molar-refractivity contribution in [3.05, 3.63) is 54.1 Å². The molecule has 2 aromatic rings. The highest BCUT2D eigenvalue weighted by Gasteiger charge is 2.14. The molecule has 9 heteroatoms. The highest BCUT2D eigenvalue weighted by Crippen LogP contribution is 2.19. The number of hydrogen-bond acceptors (Lipinski definition) is 5. The Labute approximate surface area is 164 Å². The van der Waals surface area contributed by atoms with Crippen molar-refractivity contribution in [2.24, 2.45) is 5.10 Å². The molecule has 0 spiro atoms. The molecule has 0 unspecified atom stereocenters. The van der Waals surface area contributed by atoms with E-state index in [0.717, 1.165) is 5.56 Å². The summed E-state index contributed by atoms with van der Waals surface area (Å²) >= 11 is 5.04. The molecule has 0 radical (unpaired) electrons. The zero-order valence-electron chi connectivity index (χ0n) is 15.3. The number of sulfonamides is 1. The molecule has 3 N–H and O–H groups in total. The van der Waals surface area contributed by atoms with Gasteiger partial charge in [-0.15, -0.1) is 0 Å². The predicted molar refractivity (Wildman–Crippen MR) is 112 cm³/mol. The molecule has 0 atom stereocenters. The molecule has 0 aliphatic heterocycles. The number of hydrogen-bond donors (Lipinski definition) is 3. The Balaban J connectivity index is 2.10. The van der Waals surface area contributed by atoms with Gasteiger partial charge in [0.25, 0.3) is 10.0 Å². The maximum Gasteiger partial charge on any atom is 0.261 e. The fourth-order valence-corrected chi connectivity index (χ4v) is 3.40. The van der Waals surface area contributed by atoms with Crippen molar-refractivity contribution >= 4 is 38.8 Å². The summed E-state index contributed by atoms with van der Waals surface area (Å²) in [6.07, 6.45) is 0. The average molecular weight is 407 g/mol. The average Bonchev–Trinajstić information content (AvgIpc) is 2.67. The lowest BCUT2D eigenvalue weighted by Crippen LogP contribution is -2.32. The van der Waals surface area contributed by atoms with Crippen LogP contribution in [0.5, 0.6) is 5.75 Å². The smallest absolute Gasteiger partial charge is 0.261 e. The molecular weight excluding hydrogens is 384 g/mol. The summed E-state index contributed by atoms with van der Waals surface area (Å²) in [6, 6.07) is 13.1. The van der Waals surface area contributed by atoms with E-state index in [0.29, 0.717) is 28.8 Å². The lowest BCUT2D eigenvalue weighted by atomic mass is 10.1. The van der Waals surface area contributed by atoms with Crippen molar-refractivity contribution < 1.29 is 13.2 Å². The van der Waals surface area contributed by atoms with Crippen LogP contribution >= 0.6 is 12.2 Å². The van der Waals surface area contributed by atoms with Crippen molar-refractivity contribution in [2.75, 3.05) is 18.4 Å². The van der Waals surface area contributed by atoms with Gasteiger partial charge < -0.3 is 10.1 Å². The van der Waals surface area contributed by atoms with Gasteiger partial charge in [0, 0.05) is 12.2 Å². The molecule has 0 bridgehead atoms. The van der Waals surface area contributed by atoms with Gasteiger partial charge in [-0.25, -0.2) is 8.42 Å². The van der Waals surface area contributed by atoms with E-state index < -0.39 is 10.0 Å². The minimum absolute atomic E-state index is 0.158. The van der Waals surface area contributed by atoms with Gasteiger partial charge in [0.05, 0.1) is 17.7 Å². The summed E-state index contributed by atoms with van der Waals surface area (Å²) in [6.45, 7) is 4.44. The normalized spacial score (nSPS) is 11.6. The van der Waals surface area contributed by atoms with E-state index in [1.54, 1.807) is 50.4 Å². The number of thiocarbonyl (C=S) groups is 1. The maximum atomic E-state index is 12.5. The first-order chi connectivity index (χ1) is 12.9. The quantitative estimate of drug-likeness (QED) is 0.372. The lowest BCUT2D eigenvalue weighted by Gasteiger charge is -2.10. The third-order valence-corrected chi connectivity index (χ3v) is 5.22. The molecule has 0 heterocycles. The Morgan fingerprint density at radius 3 is 2.30 bits per heavy atom. The topological polar surface area (TPSA) is 91.8 Å². The predicted octanol–water partition coefficient (Wildman–Crippen LogP) is 2.70. The van der Waals surface area contributed by atoms with Crippen LogP contribution in [0.15, 0.2) is 58.5 Å². The first kappa shape index (κ1) is 20.7. The second kappa shape index (κ2) is 9.33. The summed E-state index contributed by atoms with van der Waals surface area (Å²) in [5.74, 6) is 0.652. The molecule has 144 valence electrons. The number of hydrazone groups is 1. The van der Waals surface area contributed by atoms with Gasteiger partial charge in [0.15, 0.2) is 5.11 Å². The largest absolute Gasteiger partial charge is 0.497 e. The molecule has 0 aromatic heterocycles. The lowest BCUT2D eigenvalue weighted by molar-refractivity contribution is 0.415. The standard InChI is InChI=1S/C18H22N4O3S2/c1-4-19-18(26)21-20-13(2)14-5-11-17(12-6-14)27(23,24)22-15-7-9-16(25-3)10-8-15/h5-12,22H,4H2,1-3H3,(H2,19,21,26)/b20-13-. The molecule has 2 aromatic carbocycles. The van der Waals surface area contributed by atoms with Gasteiger partial charge in [0.2, 0.25) is 0 Å². The fraction of sp³-hybridized carbons (Fsp3) is 0.222. The van der Waals surface area contributed by atoms with Gasteiger partial charge in [-0.2, -0.15) is 5.10 Å². The number of rotatable bonds is 7. The molecule has 0 aliphatic rings. The Morgan fingerprint density at radius 1 is 1.11 bits per heavy atom. The molecule has 0 amide bonds. The van der Waals surface area contributed by atoms with Crippen LogP contribution in [0, 0.1) is 0 Å². The van der Waals surface area contributed by atoms with Gasteiger partial charge in [0.1, 0.15) is 5.75 Å². The Hall–Kier alpha value is -2.65. The van der Waals surface area contributed by atoms with Crippen LogP contribution in [0.3, 0.4) is 0 Å². The molecule has 27 heavy (non-hydrogen) atoms. The summed E-state index contributed by atoms with van der Waals surface area (Å²) in [5, 5.41) is 7.53. The van der Waals surface area contributed by atoms with Crippen molar-refractivity contribution in [3.63, 3.8) is 0 Å². The third-order valence-electron chi connectivity index (χ3n) is 3.59. The number of ether oxygens (including phenoxy) is 1. The van der Waals surface area contributed by atoms with Crippen LogP contribution in [0.1, 0.15) is 19.4 Å². The van der Waals surface area contributed by atoms with Crippen LogP contribution in [-0.4, -0.2) is 32.9 Å². The Morgan fingerprint density at radius 2 is 1.74 bits per heavy atom. The van der Waals surface area contributed by atoms with E-state index in [1.165, 1.54) is 12.1 Å². The monoisotopic (exact) mass is 406 g/mol. The van der Waals surface area contributed by atoms with E-state index in [4.69, 9.17) is 17.0 Å². The van der Waals surface area contributed by atoms with Crippen LogP contribution in [0.4, 0.5) is 5.69 Å². The number of anilines is 1. The van der Waals surface area contributed by atoms with Crippen LogP contribution in [0.2, 0.25) is 0 Å². The molecule has 0 aliphatic carbocycles. The van der Waals surface area contributed by atoms with E-state index in [1.807, 2.05) is 6.92 Å². The molecule has 2 rings (SSSR count). The Bertz CT molecular complexity index is 909. The van der Waals surface area contributed by atoms with Crippen molar-refractivity contribution in [3.8, 4) is 5.75 Å². The van der Waals surface area contributed by atoms with Crippen LogP contribution in [0.25, 0.3) is 0 Å². The molecular formula is C18H22N4O3S2. The number of benzene rings is 2. The second-order valence-corrected chi connectivity index (χ2v) is 7.62. The van der Waals surface area contributed by atoms with E-state index in [9.17, 15) is 8.42 Å². The van der Waals surface area contributed by atoms with Crippen molar-refractivity contribution in [1.29, 1.82) is 0 Å². The van der Waals surface area contributed by atoms with Crippen LogP contribution < -0.4 is 20.2 Å². The van der Waals surface area contributed by atoms with E-state index in [-0.39, 0.29) is 4.90 Å². The minimum Gasteiger partial charge on any atom is -0.497 e. The molecule has 7 nitrogen and oxygen atoms in total. The third kappa shape index (κ3) is 5.93. The first-order valence-electron chi connectivity index (χ1n) is 8.21. The highest BCUT2D eigenvalue weighted by atomic mass is 32.2. The Kier molecular flexibility index (Phi) is 7.14. The summed E-state index contributed by atoms with van der Waals surface area (Å²) in [4.78, 5) is 0.158. The number of nitrogens with one attached hydrogen (secondary N) is 3. The van der Waals surface area contributed by atoms with Crippen molar-refractivity contribution in [1.82, 2.24) is 10.7 Å². The summed E-state index contributed by atoms with van der Waals surface area (Å²) in [7, 11) is -2.13. The van der Waals surface area contributed by atoms with E-state index >= 15 is 0 Å². The fourth-order valence-electron chi connectivity index (χ4n) is 2.15. The zero-order valence-corrected chi connectivity index (χ0v) is 16.9. The maximum absolute atomic E-state index is 12.5. The van der Waals surface area contributed by atoms with Gasteiger partial charge >= 0.3 is 0 Å². The molecule has 0 saturated heterocycles. The summed E-state index contributed by atoms with van der Waals surface area (Å²) < 4.78 is 32.6. The SMILES string of the molecule is CCNC(=S)N/N=C(/C)c1ccc(S(=O)(=O)Nc2ccc(OC)cc2)cc1. The van der Waals surface area contributed by atoms with E-state index in [2.05, 4.69) is 20.6 Å². The van der Waals surface area contributed by atoms with Gasteiger partial charge in [-0.3, -0.25) is 10.1 Å². The second-order valence-electron chi connectivity index (χ2n) is 5.53. The van der Waals surface area contributed by atoms with Crippen molar-refractivity contribution in [2.45, 2.75) is 18.7 Å². The van der Waals surface area contributed by atoms with Crippen LogP contribution in [-0.2, 0) is 10.0 Å².